The van der Waals surface area contributed by atoms with Crippen LogP contribution in [0.5, 0.6) is 11.5 Å². The largest absolute Gasteiger partial charge is 0.493 e. The van der Waals surface area contributed by atoms with E-state index in [0.29, 0.717) is 29.5 Å². The van der Waals surface area contributed by atoms with Gasteiger partial charge in [0.2, 0.25) is 5.89 Å². The molecule has 3 aromatic carbocycles. The highest BCUT2D eigenvalue weighted by Gasteiger charge is 2.28. The predicted octanol–water partition coefficient (Wildman–Crippen LogP) is 4.67. The summed E-state index contributed by atoms with van der Waals surface area (Å²) in [7, 11) is 3.18. The second kappa shape index (κ2) is 6.67. The molecule has 0 bridgehead atoms. The molecule has 0 spiro atoms. The molecule has 2 heterocycles. The zero-order valence-electron chi connectivity index (χ0n) is 16.0. The lowest BCUT2D eigenvalue weighted by molar-refractivity contribution is 0.0996. The van der Waals surface area contributed by atoms with E-state index in [9.17, 15) is 4.79 Å². The predicted molar refractivity (Wildman–Crippen MR) is 110 cm³/mol. The molecular weight excluding hydrogens is 368 g/mol. The van der Waals surface area contributed by atoms with Crippen LogP contribution in [0.1, 0.15) is 15.9 Å². The van der Waals surface area contributed by atoms with Crippen molar-refractivity contribution >= 4 is 22.7 Å². The quantitative estimate of drug-likeness (QED) is 0.510. The van der Waals surface area contributed by atoms with E-state index in [0.717, 1.165) is 27.9 Å². The SMILES string of the molecule is COc1ccc(-c2nc3ccc(N4Cc5ccccc5C4=O)cc3o2)cc1OC. The van der Waals surface area contributed by atoms with Gasteiger partial charge in [0.15, 0.2) is 17.1 Å². The zero-order valence-corrected chi connectivity index (χ0v) is 16.0. The van der Waals surface area contributed by atoms with E-state index in [4.69, 9.17) is 13.9 Å². The average molecular weight is 386 g/mol. The van der Waals surface area contributed by atoms with Gasteiger partial charge in [0.25, 0.3) is 5.91 Å². The molecule has 0 radical (unpaired) electrons. The minimum atomic E-state index is -0.000389. The van der Waals surface area contributed by atoms with Crippen molar-refractivity contribution in [1.82, 2.24) is 4.98 Å². The van der Waals surface area contributed by atoms with Crippen LogP contribution in [0.15, 0.2) is 65.1 Å². The third-order valence-electron chi connectivity index (χ3n) is 5.14. The molecule has 1 aliphatic heterocycles. The number of methoxy groups -OCH3 is 2. The maximum atomic E-state index is 12.7. The summed E-state index contributed by atoms with van der Waals surface area (Å²) in [5, 5.41) is 0. The van der Waals surface area contributed by atoms with E-state index in [1.54, 1.807) is 19.1 Å². The standard InChI is InChI=1S/C23H18N2O4/c1-27-19-10-7-14(11-21(19)28-2)22-24-18-9-8-16(12-20(18)29-22)25-13-15-5-3-4-6-17(15)23(25)26/h3-12H,13H2,1-2H3. The minimum Gasteiger partial charge on any atom is -0.493 e. The molecule has 6 nitrogen and oxygen atoms in total. The van der Waals surface area contributed by atoms with E-state index in [1.165, 1.54) is 0 Å². The molecule has 5 rings (SSSR count). The Morgan fingerprint density at radius 3 is 2.59 bits per heavy atom. The van der Waals surface area contributed by atoms with Gasteiger partial charge in [0.1, 0.15) is 5.52 Å². The third-order valence-corrected chi connectivity index (χ3v) is 5.14. The molecule has 6 heteroatoms. The molecule has 0 saturated heterocycles. The van der Waals surface area contributed by atoms with Crippen molar-refractivity contribution in [3.63, 3.8) is 0 Å². The average Bonchev–Trinajstić information content (AvgIpc) is 3.34. The number of rotatable bonds is 4. The van der Waals surface area contributed by atoms with Gasteiger partial charge >= 0.3 is 0 Å². The van der Waals surface area contributed by atoms with Gasteiger partial charge < -0.3 is 18.8 Å². The molecule has 4 aromatic rings. The number of fused-ring (bicyclic) bond motifs is 2. The lowest BCUT2D eigenvalue weighted by atomic mass is 10.1. The van der Waals surface area contributed by atoms with Crippen LogP contribution in [-0.2, 0) is 6.54 Å². The Morgan fingerprint density at radius 1 is 0.966 bits per heavy atom. The van der Waals surface area contributed by atoms with Crippen molar-refractivity contribution in [1.29, 1.82) is 0 Å². The summed E-state index contributed by atoms with van der Waals surface area (Å²) >= 11 is 0. The number of oxazole rings is 1. The molecule has 0 aliphatic carbocycles. The second-order valence-corrected chi connectivity index (χ2v) is 6.79. The zero-order chi connectivity index (χ0) is 20.0. The van der Waals surface area contributed by atoms with Crippen LogP contribution in [0.25, 0.3) is 22.6 Å². The van der Waals surface area contributed by atoms with E-state index < -0.39 is 0 Å². The van der Waals surface area contributed by atoms with Crippen molar-refractivity contribution in [2.24, 2.45) is 0 Å². The van der Waals surface area contributed by atoms with Gasteiger partial charge in [-0.05, 0) is 42.0 Å². The first-order valence-corrected chi connectivity index (χ1v) is 9.20. The number of amides is 1. The number of benzene rings is 3. The lowest BCUT2D eigenvalue weighted by Crippen LogP contribution is -2.22. The van der Waals surface area contributed by atoms with Crippen LogP contribution in [-0.4, -0.2) is 25.1 Å². The van der Waals surface area contributed by atoms with Gasteiger partial charge in [0, 0.05) is 22.9 Å². The smallest absolute Gasteiger partial charge is 0.258 e. The van der Waals surface area contributed by atoms with Crippen molar-refractivity contribution < 1.29 is 18.7 Å². The van der Waals surface area contributed by atoms with Crippen molar-refractivity contribution in [2.75, 3.05) is 19.1 Å². The molecule has 1 aliphatic rings. The van der Waals surface area contributed by atoms with E-state index in [1.807, 2.05) is 60.7 Å². The molecule has 29 heavy (non-hydrogen) atoms. The number of carbonyl (C=O) groups excluding carboxylic acids is 1. The van der Waals surface area contributed by atoms with Gasteiger partial charge in [-0.3, -0.25) is 4.79 Å². The van der Waals surface area contributed by atoms with Gasteiger partial charge in [-0.2, -0.15) is 0 Å². The molecule has 0 unspecified atom stereocenters. The summed E-state index contributed by atoms with van der Waals surface area (Å²) in [5.74, 6) is 1.73. The van der Waals surface area contributed by atoms with E-state index >= 15 is 0 Å². The number of carbonyl (C=O) groups is 1. The first-order chi connectivity index (χ1) is 14.2. The Kier molecular flexibility index (Phi) is 3.98. The normalized spacial score (nSPS) is 13.0. The van der Waals surface area contributed by atoms with Crippen LogP contribution >= 0.6 is 0 Å². The highest BCUT2D eigenvalue weighted by Crippen LogP contribution is 2.35. The molecule has 0 N–H and O–H groups in total. The number of aromatic nitrogens is 1. The first kappa shape index (κ1) is 17.3. The Morgan fingerprint density at radius 2 is 1.79 bits per heavy atom. The van der Waals surface area contributed by atoms with Crippen molar-refractivity contribution in [2.45, 2.75) is 6.54 Å². The summed E-state index contributed by atoms with van der Waals surface area (Å²) in [4.78, 5) is 19.1. The molecule has 0 fully saturated rings. The molecule has 1 aromatic heterocycles. The summed E-state index contributed by atoms with van der Waals surface area (Å²) in [6.07, 6.45) is 0. The summed E-state index contributed by atoms with van der Waals surface area (Å²) in [6.45, 7) is 0.553. The summed E-state index contributed by atoms with van der Waals surface area (Å²) in [6, 6.07) is 18.8. The highest BCUT2D eigenvalue weighted by molar-refractivity contribution is 6.10. The molecular formula is C23H18N2O4. The Bertz CT molecular complexity index is 1240. The van der Waals surface area contributed by atoms with Crippen LogP contribution in [0.3, 0.4) is 0 Å². The van der Waals surface area contributed by atoms with Gasteiger partial charge in [-0.1, -0.05) is 18.2 Å². The molecule has 0 saturated carbocycles. The molecule has 144 valence electrons. The van der Waals surface area contributed by atoms with Crippen LogP contribution in [0.2, 0.25) is 0 Å². The van der Waals surface area contributed by atoms with Crippen LogP contribution in [0, 0.1) is 0 Å². The Balaban J connectivity index is 1.51. The fraction of sp³-hybridized carbons (Fsp3) is 0.130. The number of anilines is 1. The Labute approximate surface area is 167 Å². The van der Waals surface area contributed by atoms with Crippen LogP contribution in [0.4, 0.5) is 5.69 Å². The number of hydrogen-bond acceptors (Lipinski definition) is 5. The Hall–Kier alpha value is -3.80. The molecule has 1 amide bonds. The highest BCUT2D eigenvalue weighted by atomic mass is 16.5. The monoisotopic (exact) mass is 386 g/mol. The fourth-order valence-electron chi connectivity index (χ4n) is 3.64. The van der Waals surface area contributed by atoms with E-state index in [2.05, 4.69) is 4.98 Å². The number of nitrogens with zero attached hydrogens (tertiary/aromatic N) is 2. The lowest BCUT2D eigenvalue weighted by Gasteiger charge is -2.15. The number of ether oxygens (including phenoxy) is 2. The van der Waals surface area contributed by atoms with Crippen molar-refractivity contribution in [3.05, 3.63) is 71.8 Å². The topological polar surface area (TPSA) is 64.8 Å². The van der Waals surface area contributed by atoms with E-state index in [-0.39, 0.29) is 5.91 Å². The third kappa shape index (κ3) is 2.81. The number of hydrogen-bond donors (Lipinski definition) is 0. The van der Waals surface area contributed by atoms with Gasteiger partial charge in [-0.15, -0.1) is 0 Å². The maximum absolute atomic E-state index is 12.7. The van der Waals surface area contributed by atoms with Gasteiger partial charge in [0.05, 0.1) is 20.8 Å². The molecule has 0 atom stereocenters. The summed E-state index contributed by atoms with van der Waals surface area (Å²) in [5.41, 5.74) is 4.69. The van der Waals surface area contributed by atoms with Crippen molar-refractivity contribution in [3.8, 4) is 23.0 Å². The fourth-order valence-corrected chi connectivity index (χ4v) is 3.64. The minimum absolute atomic E-state index is 0.000389. The maximum Gasteiger partial charge on any atom is 0.258 e. The van der Waals surface area contributed by atoms with Crippen LogP contribution < -0.4 is 14.4 Å². The summed E-state index contributed by atoms with van der Waals surface area (Å²) < 4.78 is 16.6. The second-order valence-electron chi connectivity index (χ2n) is 6.79. The first-order valence-electron chi connectivity index (χ1n) is 9.20. The van der Waals surface area contributed by atoms with Gasteiger partial charge in [-0.25, -0.2) is 4.98 Å².